The average Bonchev–Trinajstić information content (AvgIpc) is 2.58. The Hall–Kier alpha value is -2.95. The Bertz CT molecular complexity index is 852. The summed E-state index contributed by atoms with van der Waals surface area (Å²) in [6.45, 7) is 8.59. The number of amides is 2. The summed E-state index contributed by atoms with van der Waals surface area (Å²) in [5, 5.41) is 5.52. The highest BCUT2D eigenvalue weighted by Crippen LogP contribution is 2.23. The molecule has 0 aliphatic heterocycles. The van der Waals surface area contributed by atoms with Crippen LogP contribution in [0.4, 0.5) is 11.4 Å². The predicted octanol–water partition coefficient (Wildman–Crippen LogP) is 4.11. The first-order valence-electron chi connectivity index (χ1n) is 8.42. The number of ketones is 1. The van der Waals surface area contributed by atoms with Crippen LogP contribution in [0.2, 0.25) is 0 Å². The molecular weight excluding hydrogens is 328 g/mol. The molecule has 0 radical (unpaired) electrons. The van der Waals surface area contributed by atoms with E-state index in [1.54, 1.807) is 38.1 Å². The molecule has 2 N–H and O–H groups in total. The number of hydrogen-bond donors (Lipinski definition) is 2. The maximum Gasteiger partial charge on any atom is 0.239 e. The lowest BCUT2D eigenvalue weighted by atomic mass is 9.90. The van der Waals surface area contributed by atoms with Crippen LogP contribution in [0.25, 0.3) is 0 Å². The number of anilines is 2. The zero-order valence-electron chi connectivity index (χ0n) is 15.8. The lowest BCUT2D eigenvalue weighted by Crippen LogP contribution is -2.41. The van der Waals surface area contributed by atoms with Crippen molar-refractivity contribution in [2.24, 2.45) is 5.41 Å². The quantitative estimate of drug-likeness (QED) is 0.628. The topological polar surface area (TPSA) is 75.3 Å². The molecule has 0 spiro atoms. The van der Waals surface area contributed by atoms with Crippen LogP contribution in [0.3, 0.4) is 0 Å². The molecule has 2 aromatic carbocycles. The molecule has 0 saturated carbocycles. The Balaban J connectivity index is 2.09. The van der Waals surface area contributed by atoms with Gasteiger partial charge >= 0.3 is 0 Å². The van der Waals surface area contributed by atoms with Gasteiger partial charge in [0.25, 0.3) is 0 Å². The van der Waals surface area contributed by atoms with Crippen molar-refractivity contribution in [2.45, 2.75) is 34.6 Å². The Morgan fingerprint density at radius 3 is 1.77 bits per heavy atom. The Labute approximate surface area is 153 Å². The highest BCUT2D eigenvalue weighted by Gasteiger charge is 2.36. The molecule has 0 fully saturated rings. The normalized spacial score (nSPS) is 11.0. The number of hydrogen-bond acceptors (Lipinski definition) is 3. The molecule has 5 nitrogen and oxygen atoms in total. The second-order valence-electron chi connectivity index (χ2n) is 6.97. The van der Waals surface area contributed by atoms with Gasteiger partial charge in [0.2, 0.25) is 11.8 Å². The van der Waals surface area contributed by atoms with Gasteiger partial charge in [-0.2, -0.15) is 0 Å². The van der Waals surface area contributed by atoms with Crippen LogP contribution in [-0.2, 0) is 9.59 Å². The van der Waals surface area contributed by atoms with E-state index in [0.29, 0.717) is 16.9 Å². The maximum absolute atomic E-state index is 12.6. The lowest BCUT2D eigenvalue weighted by Gasteiger charge is -2.23. The van der Waals surface area contributed by atoms with E-state index < -0.39 is 17.2 Å². The molecule has 0 unspecified atom stereocenters. The number of Topliss-reactive ketones (excluding diaryl/α,β-unsaturated/α-hetero) is 1. The van der Waals surface area contributed by atoms with Gasteiger partial charge in [-0.25, -0.2) is 0 Å². The zero-order valence-corrected chi connectivity index (χ0v) is 15.8. The predicted molar refractivity (Wildman–Crippen MR) is 103 cm³/mol. The zero-order chi connectivity index (χ0) is 19.5. The van der Waals surface area contributed by atoms with E-state index in [4.69, 9.17) is 0 Å². The minimum Gasteiger partial charge on any atom is -0.325 e. The third-order valence-corrected chi connectivity index (χ3v) is 4.45. The summed E-state index contributed by atoms with van der Waals surface area (Å²) in [6.07, 6.45) is 0. The Morgan fingerprint density at radius 2 is 1.27 bits per heavy atom. The van der Waals surface area contributed by atoms with Gasteiger partial charge in [-0.05, 0) is 82.1 Å². The van der Waals surface area contributed by atoms with Gasteiger partial charge in [0.1, 0.15) is 5.41 Å². The third kappa shape index (κ3) is 4.36. The summed E-state index contributed by atoms with van der Waals surface area (Å²) in [5.74, 6) is -0.857. The molecule has 2 rings (SSSR count). The van der Waals surface area contributed by atoms with Crippen molar-refractivity contribution >= 4 is 29.0 Å². The van der Waals surface area contributed by atoms with Crippen molar-refractivity contribution in [3.05, 3.63) is 59.2 Å². The SMILES string of the molecule is CC(=O)c1ccc(NC(=O)C(C)(C)C(=O)Nc2ccc(C)c(C)c2)cc1. The molecule has 2 aromatic rings. The number of carbonyl (C=O) groups excluding carboxylic acids is 3. The van der Waals surface area contributed by atoms with Crippen LogP contribution in [0, 0.1) is 19.3 Å². The third-order valence-electron chi connectivity index (χ3n) is 4.45. The van der Waals surface area contributed by atoms with Crippen LogP contribution in [0.15, 0.2) is 42.5 Å². The number of nitrogens with one attached hydrogen (secondary N) is 2. The minimum atomic E-state index is -1.27. The van der Waals surface area contributed by atoms with Crippen molar-refractivity contribution in [3.63, 3.8) is 0 Å². The summed E-state index contributed by atoms with van der Waals surface area (Å²) in [4.78, 5) is 36.5. The Kier molecular flexibility index (Phi) is 5.60. The van der Waals surface area contributed by atoms with Crippen molar-refractivity contribution in [1.82, 2.24) is 0 Å². The van der Waals surface area contributed by atoms with Gasteiger partial charge in [-0.1, -0.05) is 6.07 Å². The summed E-state index contributed by atoms with van der Waals surface area (Å²) in [7, 11) is 0. The standard InChI is InChI=1S/C21H24N2O3/c1-13-6-9-18(12-14(13)2)23-20(26)21(4,5)19(25)22-17-10-7-16(8-11-17)15(3)24/h6-12H,1-5H3,(H,22,25)(H,23,26). The van der Waals surface area contributed by atoms with Gasteiger partial charge < -0.3 is 10.6 Å². The van der Waals surface area contributed by atoms with Gasteiger partial charge in [0.15, 0.2) is 5.78 Å². The van der Waals surface area contributed by atoms with Gasteiger partial charge in [0.05, 0.1) is 0 Å². The molecule has 0 aliphatic carbocycles. The largest absolute Gasteiger partial charge is 0.325 e. The van der Waals surface area contributed by atoms with E-state index >= 15 is 0 Å². The van der Waals surface area contributed by atoms with Crippen LogP contribution in [0.1, 0.15) is 42.3 Å². The first-order chi connectivity index (χ1) is 12.1. The molecule has 0 aromatic heterocycles. The van der Waals surface area contributed by atoms with E-state index in [9.17, 15) is 14.4 Å². The van der Waals surface area contributed by atoms with Crippen LogP contribution < -0.4 is 10.6 Å². The van der Waals surface area contributed by atoms with Crippen molar-refractivity contribution in [3.8, 4) is 0 Å². The highest BCUT2D eigenvalue weighted by atomic mass is 16.2. The molecule has 0 bridgehead atoms. The van der Waals surface area contributed by atoms with Crippen molar-refractivity contribution in [1.29, 1.82) is 0 Å². The molecular formula is C21H24N2O3. The molecule has 0 aliphatic rings. The number of carbonyl (C=O) groups is 3. The molecule has 136 valence electrons. The van der Waals surface area contributed by atoms with Gasteiger partial charge in [0, 0.05) is 16.9 Å². The Morgan fingerprint density at radius 1 is 0.769 bits per heavy atom. The van der Waals surface area contributed by atoms with E-state index in [1.165, 1.54) is 6.92 Å². The van der Waals surface area contributed by atoms with Crippen LogP contribution in [-0.4, -0.2) is 17.6 Å². The monoisotopic (exact) mass is 352 g/mol. The summed E-state index contributed by atoms with van der Waals surface area (Å²) in [5.41, 5.74) is 2.69. The second kappa shape index (κ2) is 7.52. The molecule has 26 heavy (non-hydrogen) atoms. The van der Waals surface area contributed by atoms with Gasteiger partial charge in [-0.15, -0.1) is 0 Å². The summed E-state index contributed by atoms with van der Waals surface area (Å²) in [6, 6.07) is 12.2. The molecule has 0 saturated heterocycles. The first-order valence-corrected chi connectivity index (χ1v) is 8.42. The maximum atomic E-state index is 12.6. The number of rotatable bonds is 5. The van der Waals surface area contributed by atoms with Crippen molar-refractivity contribution < 1.29 is 14.4 Å². The second-order valence-corrected chi connectivity index (χ2v) is 6.97. The molecule has 0 heterocycles. The summed E-state index contributed by atoms with van der Waals surface area (Å²) >= 11 is 0. The highest BCUT2D eigenvalue weighted by molar-refractivity contribution is 6.14. The van der Waals surface area contributed by atoms with Crippen LogP contribution >= 0.6 is 0 Å². The van der Waals surface area contributed by atoms with Gasteiger partial charge in [-0.3, -0.25) is 14.4 Å². The fraction of sp³-hybridized carbons (Fsp3) is 0.286. The van der Waals surface area contributed by atoms with E-state index in [0.717, 1.165) is 11.1 Å². The molecule has 0 atom stereocenters. The number of aryl methyl sites for hydroxylation is 2. The van der Waals surface area contributed by atoms with E-state index in [1.807, 2.05) is 32.0 Å². The minimum absolute atomic E-state index is 0.0454. The fourth-order valence-corrected chi connectivity index (χ4v) is 2.29. The average molecular weight is 352 g/mol. The number of benzene rings is 2. The lowest BCUT2D eigenvalue weighted by molar-refractivity contribution is -0.135. The molecule has 2 amide bonds. The van der Waals surface area contributed by atoms with Crippen LogP contribution in [0.5, 0.6) is 0 Å². The summed E-state index contributed by atoms with van der Waals surface area (Å²) < 4.78 is 0. The smallest absolute Gasteiger partial charge is 0.239 e. The first kappa shape index (κ1) is 19.4. The van der Waals surface area contributed by atoms with E-state index in [2.05, 4.69) is 10.6 Å². The molecule has 5 heteroatoms. The van der Waals surface area contributed by atoms with E-state index in [-0.39, 0.29) is 5.78 Å². The fourth-order valence-electron chi connectivity index (χ4n) is 2.29. The van der Waals surface area contributed by atoms with Crippen molar-refractivity contribution in [2.75, 3.05) is 10.6 Å².